The Balaban J connectivity index is 1.97. The largest absolute Gasteiger partial charge is 0.477 e. The maximum absolute atomic E-state index is 15.0. The molecular formula is C19H20ClF2N3O3. The fraction of sp³-hybridized carbons (Fsp3) is 0.474. The molecule has 0 spiro atoms. The highest BCUT2D eigenvalue weighted by atomic mass is 35.5. The molecule has 1 aliphatic heterocycles. The lowest BCUT2D eigenvalue weighted by Crippen LogP contribution is -2.29. The molecule has 0 bridgehead atoms. The summed E-state index contributed by atoms with van der Waals surface area (Å²) in [7, 11) is 0. The standard InChI is InChI=1S/C19H20ClF2N3O3/c1-2-8-5-24(7-13(8)23)17-12(22)3-9-16(15(17)20)25(14-4-11(14)21)6-10(18(9)26)19(27)28/h3,6,8,11,13-14H,2,4-5,7,23H2,1H3,(H,27,28). The normalized spacial score (nSPS) is 26.8. The molecule has 6 nitrogen and oxygen atoms in total. The smallest absolute Gasteiger partial charge is 0.341 e. The molecule has 2 aliphatic rings. The summed E-state index contributed by atoms with van der Waals surface area (Å²) >= 11 is 6.54. The Labute approximate surface area is 164 Å². The van der Waals surface area contributed by atoms with Gasteiger partial charge in [0, 0.05) is 31.7 Å². The number of aromatic nitrogens is 1. The van der Waals surface area contributed by atoms with E-state index in [0.29, 0.717) is 13.1 Å². The van der Waals surface area contributed by atoms with Gasteiger partial charge in [-0.3, -0.25) is 4.79 Å². The fourth-order valence-corrected chi connectivity index (χ4v) is 4.50. The van der Waals surface area contributed by atoms with Crippen LogP contribution in [0.2, 0.25) is 5.02 Å². The van der Waals surface area contributed by atoms with Gasteiger partial charge in [-0.15, -0.1) is 0 Å². The third-order valence-corrected chi connectivity index (χ3v) is 6.14. The number of aromatic carboxylic acids is 1. The van der Waals surface area contributed by atoms with Crippen LogP contribution >= 0.6 is 11.6 Å². The maximum Gasteiger partial charge on any atom is 0.341 e. The molecule has 0 amide bonds. The number of pyridine rings is 1. The Morgan fingerprint density at radius 3 is 2.64 bits per heavy atom. The predicted molar refractivity (Wildman–Crippen MR) is 103 cm³/mol. The van der Waals surface area contributed by atoms with Gasteiger partial charge in [-0.05, 0) is 12.0 Å². The number of halogens is 3. The van der Waals surface area contributed by atoms with Crippen LogP contribution < -0.4 is 16.1 Å². The van der Waals surface area contributed by atoms with Crippen molar-refractivity contribution in [3.63, 3.8) is 0 Å². The van der Waals surface area contributed by atoms with Crippen LogP contribution in [0.5, 0.6) is 0 Å². The number of alkyl halides is 1. The number of hydrogen-bond acceptors (Lipinski definition) is 4. The minimum Gasteiger partial charge on any atom is -0.477 e. The minimum atomic E-state index is -1.45. The second kappa shape index (κ2) is 6.70. The number of anilines is 1. The topological polar surface area (TPSA) is 88.6 Å². The van der Waals surface area contributed by atoms with Gasteiger partial charge >= 0.3 is 5.97 Å². The lowest BCUT2D eigenvalue weighted by Gasteiger charge is -2.23. The molecule has 150 valence electrons. The van der Waals surface area contributed by atoms with Crippen LogP contribution in [0.4, 0.5) is 14.5 Å². The number of benzene rings is 1. The first kappa shape index (κ1) is 19.1. The lowest BCUT2D eigenvalue weighted by atomic mass is 10.0. The van der Waals surface area contributed by atoms with Gasteiger partial charge in [0.25, 0.3) is 0 Å². The highest BCUT2D eigenvalue weighted by Gasteiger charge is 2.41. The molecule has 4 rings (SSSR count). The number of rotatable bonds is 4. The molecule has 4 unspecified atom stereocenters. The van der Waals surface area contributed by atoms with E-state index in [9.17, 15) is 23.5 Å². The van der Waals surface area contributed by atoms with Crippen molar-refractivity contribution in [3.8, 4) is 0 Å². The maximum atomic E-state index is 15.0. The molecule has 1 saturated heterocycles. The Hall–Kier alpha value is -2.19. The molecule has 2 fully saturated rings. The van der Waals surface area contributed by atoms with Crippen molar-refractivity contribution in [2.24, 2.45) is 11.7 Å². The Morgan fingerprint density at radius 1 is 1.43 bits per heavy atom. The van der Waals surface area contributed by atoms with Gasteiger partial charge in [0.2, 0.25) is 5.43 Å². The van der Waals surface area contributed by atoms with Gasteiger partial charge in [-0.2, -0.15) is 0 Å². The molecule has 1 aliphatic carbocycles. The van der Waals surface area contributed by atoms with Gasteiger partial charge in [0.15, 0.2) is 0 Å². The van der Waals surface area contributed by atoms with Crippen molar-refractivity contribution in [2.45, 2.75) is 38.0 Å². The number of nitrogens with two attached hydrogens (primary N) is 1. The summed E-state index contributed by atoms with van der Waals surface area (Å²) in [6, 6.07) is 0.245. The SMILES string of the molecule is CCC1CN(c2c(F)cc3c(=O)c(C(=O)O)cn(C4CC4F)c3c2Cl)CC1N. The molecule has 1 aromatic carbocycles. The zero-order chi connectivity index (χ0) is 20.3. The van der Waals surface area contributed by atoms with E-state index in [1.807, 2.05) is 6.92 Å². The van der Waals surface area contributed by atoms with Crippen molar-refractivity contribution in [1.82, 2.24) is 4.57 Å². The summed E-state index contributed by atoms with van der Waals surface area (Å²) in [5.74, 6) is -1.99. The van der Waals surface area contributed by atoms with Crippen molar-refractivity contribution < 1.29 is 18.7 Å². The minimum absolute atomic E-state index is 0.0212. The number of nitrogens with zero attached hydrogens (tertiary/aromatic N) is 2. The fourth-order valence-electron chi connectivity index (χ4n) is 4.09. The second-order valence-electron chi connectivity index (χ2n) is 7.56. The van der Waals surface area contributed by atoms with E-state index in [4.69, 9.17) is 17.3 Å². The van der Waals surface area contributed by atoms with E-state index >= 15 is 0 Å². The molecule has 9 heteroatoms. The first-order valence-electron chi connectivity index (χ1n) is 9.19. The first-order chi connectivity index (χ1) is 13.2. The molecule has 2 aromatic rings. The van der Waals surface area contributed by atoms with Crippen molar-refractivity contribution >= 4 is 34.2 Å². The van der Waals surface area contributed by atoms with Crippen LogP contribution in [0, 0.1) is 11.7 Å². The van der Waals surface area contributed by atoms with Crippen LogP contribution in [0.3, 0.4) is 0 Å². The summed E-state index contributed by atoms with van der Waals surface area (Å²) < 4.78 is 30.1. The first-order valence-corrected chi connectivity index (χ1v) is 9.57. The summed E-state index contributed by atoms with van der Waals surface area (Å²) in [5.41, 5.74) is 5.03. The summed E-state index contributed by atoms with van der Waals surface area (Å²) in [4.78, 5) is 25.8. The third-order valence-electron chi connectivity index (χ3n) is 5.78. The number of hydrogen-bond donors (Lipinski definition) is 2. The zero-order valence-electron chi connectivity index (χ0n) is 15.2. The quantitative estimate of drug-likeness (QED) is 0.807. The molecule has 2 heterocycles. The molecule has 3 N–H and O–H groups in total. The van der Waals surface area contributed by atoms with Gasteiger partial charge in [-0.25, -0.2) is 13.6 Å². The number of fused-ring (bicyclic) bond motifs is 1. The van der Waals surface area contributed by atoms with Gasteiger partial charge in [0.1, 0.15) is 17.6 Å². The van der Waals surface area contributed by atoms with Crippen molar-refractivity contribution in [2.75, 3.05) is 18.0 Å². The van der Waals surface area contributed by atoms with E-state index in [0.717, 1.165) is 18.7 Å². The Bertz CT molecular complexity index is 1040. The number of carbonyl (C=O) groups is 1. The second-order valence-corrected chi connectivity index (χ2v) is 7.94. The number of carboxylic acids is 1. The van der Waals surface area contributed by atoms with Crippen LogP contribution in [-0.2, 0) is 0 Å². The van der Waals surface area contributed by atoms with Crippen LogP contribution in [-0.4, -0.2) is 40.9 Å². The molecular weight excluding hydrogens is 392 g/mol. The highest BCUT2D eigenvalue weighted by molar-refractivity contribution is 6.38. The highest BCUT2D eigenvalue weighted by Crippen LogP contribution is 2.44. The van der Waals surface area contributed by atoms with Crippen molar-refractivity contribution in [1.29, 1.82) is 0 Å². The van der Waals surface area contributed by atoms with Crippen molar-refractivity contribution in [3.05, 3.63) is 38.9 Å². The van der Waals surface area contributed by atoms with Crippen LogP contribution in [0.25, 0.3) is 10.9 Å². The predicted octanol–water partition coefficient (Wildman–Crippen LogP) is 2.95. The van der Waals surface area contributed by atoms with E-state index < -0.39 is 35.0 Å². The average molecular weight is 412 g/mol. The van der Waals surface area contributed by atoms with Gasteiger partial charge in [0.05, 0.1) is 27.7 Å². The average Bonchev–Trinajstić information content (AvgIpc) is 3.24. The van der Waals surface area contributed by atoms with Gasteiger partial charge in [-0.1, -0.05) is 24.9 Å². The van der Waals surface area contributed by atoms with Crippen LogP contribution in [0.1, 0.15) is 36.2 Å². The lowest BCUT2D eigenvalue weighted by molar-refractivity contribution is 0.0694. The summed E-state index contributed by atoms with van der Waals surface area (Å²) in [5, 5.41) is 9.13. The van der Waals surface area contributed by atoms with Gasteiger partial charge < -0.3 is 20.3 Å². The van der Waals surface area contributed by atoms with Crippen LogP contribution in [0.15, 0.2) is 17.1 Å². The Kier molecular flexibility index (Phi) is 4.58. The van der Waals surface area contributed by atoms with E-state index in [2.05, 4.69) is 0 Å². The van der Waals surface area contributed by atoms with E-state index in [1.165, 1.54) is 4.57 Å². The number of carboxylic acid groups (broad SMARTS) is 1. The molecule has 0 radical (unpaired) electrons. The molecule has 1 aromatic heterocycles. The summed E-state index contributed by atoms with van der Waals surface area (Å²) in [6.45, 7) is 2.94. The summed E-state index contributed by atoms with van der Waals surface area (Å²) in [6.07, 6.45) is 0.964. The Morgan fingerprint density at radius 2 is 2.11 bits per heavy atom. The monoisotopic (exact) mass is 411 g/mol. The van der Waals surface area contributed by atoms with E-state index in [-0.39, 0.29) is 40.0 Å². The molecule has 1 saturated carbocycles. The van der Waals surface area contributed by atoms with E-state index in [1.54, 1.807) is 4.90 Å². The third kappa shape index (κ3) is 2.86. The molecule has 28 heavy (non-hydrogen) atoms. The zero-order valence-corrected chi connectivity index (χ0v) is 15.9. The molecule has 4 atom stereocenters.